The van der Waals surface area contributed by atoms with E-state index in [1.54, 1.807) is 30.0 Å². The molecule has 1 N–H and O–H groups in total. The summed E-state index contributed by atoms with van der Waals surface area (Å²) in [7, 11) is 0. The van der Waals surface area contributed by atoms with Gasteiger partial charge in [0.1, 0.15) is 0 Å². The predicted molar refractivity (Wildman–Crippen MR) is 90.2 cm³/mol. The molecular formula is C16H22N2O3S. The number of thioether (sulfide) groups is 1. The number of hydrogen-bond donors (Lipinski definition) is 1. The van der Waals surface area contributed by atoms with E-state index in [-0.39, 0.29) is 5.91 Å². The molecule has 0 saturated heterocycles. The standard InChI is InChI=1S/C16H22N2O3S/c1-3-8-20-13-6-5-12(11-14(13)21-9-4-2)15(19)18-16-17-7-10-22-16/h5-6,11H,3-4,7-10H2,1-2H3,(H,17,18,19). The molecule has 6 heteroatoms. The van der Waals surface area contributed by atoms with Gasteiger partial charge in [-0.1, -0.05) is 25.6 Å². The van der Waals surface area contributed by atoms with E-state index in [4.69, 9.17) is 9.47 Å². The smallest absolute Gasteiger partial charge is 0.257 e. The van der Waals surface area contributed by atoms with Gasteiger partial charge in [0.15, 0.2) is 16.7 Å². The molecule has 0 aliphatic carbocycles. The molecule has 0 spiro atoms. The maximum atomic E-state index is 12.3. The van der Waals surface area contributed by atoms with Crippen molar-refractivity contribution in [1.82, 2.24) is 5.32 Å². The molecule has 1 aromatic rings. The normalized spacial score (nSPS) is 13.6. The maximum Gasteiger partial charge on any atom is 0.257 e. The number of amidine groups is 1. The molecule has 0 fully saturated rings. The SMILES string of the molecule is CCCOc1ccc(C(=O)NC2=NCCS2)cc1OCCC. The van der Waals surface area contributed by atoms with E-state index < -0.39 is 0 Å². The second kappa shape index (κ2) is 8.68. The molecule has 0 unspecified atom stereocenters. The Kier molecular flexibility index (Phi) is 6.58. The minimum Gasteiger partial charge on any atom is -0.490 e. The average molecular weight is 322 g/mol. The van der Waals surface area contributed by atoms with Crippen LogP contribution < -0.4 is 14.8 Å². The van der Waals surface area contributed by atoms with Crippen LogP contribution in [0.25, 0.3) is 0 Å². The summed E-state index contributed by atoms with van der Waals surface area (Å²) < 4.78 is 11.4. The first-order valence-electron chi connectivity index (χ1n) is 7.62. The zero-order valence-electron chi connectivity index (χ0n) is 13.1. The summed E-state index contributed by atoms with van der Waals surface area (Å²) in [5.74, 6) is 2.05. The van der Waals surface area contributed by atoms with Gasteiger partial charge in [0.05, 0.1) is 19.8 Å². The molecule has 0 saturated carbocycles. The van der Waals surface area contributed by atoms with Crippen LogP contribution in [0.5, 0.6) is 11.5 Å². The molecule has 1 amide bonds. The van der Waals surface area contributed by atoms with Crippen molar-refractivity contribution in [3.05, 3.63) is 23.8 Å². The fourth-order valence-electron chi connectivity index (χ4n) is 1.89. The number of aliphatic imine (C=N–C) groups is 1. The van der Waals surface area contributed by atoms with E-state index in [0.29, 0.717) is 35.4 Å². The summed E-state index contributed by atoms with van der Waals surface area (Å²) >= 11 is 1.56. The van der Waals surface area contributed by atoms with E-state index in [1.165, 1.54) is 0 Å². The number of ether oxygens (including phenoxy) is 2. The lowest BCUT2D eigenvalue weighted by molar-refractivity contribution is 0.0977. The minimum atomic E-state index is -0.170. The van der Waals surface area contributed by atoms with Gasteiger partial charge >= 0.3 is 0 Å². The highest BCUT2D eigenvalue weighted by Crippen LogP contribution is 2.29. The van der Waals surface area contributed by atoms with Gasteiger partial charge in [-0.2, -0.15) is 0 Å². The van der Waals surface area contributed by atoms with Crippen LogP contribution in [0.15, 0.2) is 23.2 Å². The molecule has 0 aromatic heterocycles. The third kappa shape index (κ3) is 4.66. The van der Waals surface area contributed by atoms with Gasteiger partial charge in [0.2, 0.25) is 0 Å². The van der Waals surface area contributed by atoms with Crippen LogP contribution >= 0.6 is 11.8 Å². The monoisotopic (exact) mass is 322 g/mol. The van der Waals surface area contributed by atoms with Crippen LogP contribution in [0.1, 0.15) is 37.0 Å². The van der Waals surface area contributed by atoms with Crippen molar-refractivity contribution in [2.45, 2.75) is 26.7 Å². The largest absolute Gasteiger partial charge is 0.490 e. The lowest BCUT2D eigenvalue weighted by Gasteiger charge is -2.13. The van der Waals surface area contributed by atoms with Gasteiger partial charge in [-0.25, -0.2) is 0 Å². The third-order valence-corrected chi connectivity index (χ3v) is 3.83. The number of hydrogen-bond acceptors (Lipinski definition) is 5. The van der Waals surface area contributed by atoms with Gasteiger partial charge in [-0.15, -0.1) is 0 Å². The Bertz CT molecular complexity index is 546. The van der Waals surface area contributed by atoms with Crippen LogP contribution in [0, 0.1) is 0 Å². The summed E-state index contributed by atoms with van der Waals surface area (Å²) in [6.07, 6.45) is 1.82. The lowest BCUT2D eigenvalue weighted by atomic mass is 10.2. The fraction of sp³-hybridized carbons (Fsp3) is 0.500. The molecular weight excluding hydrogens is 300 g/mol. The average Bonchev–Trinajstić information content (AvgIpc) is 3.04. The molecule has 1 aliphatic rings. The maximum absolute atomic E-state index is 12.3. The molecule has 1 aromatic carbocycles. The first-order valence-corrected chi connectivity index (χ1v) is 8.61. The summed E-state index contributed by atoms with van der Waals surface area (Å²) in [5, 5.41) is 3.51. The van der Waals surface area contributed by atoms with E-state index in [1.807, 2.05) is 13.8 Å². The Morgan fingerprint density at radius 2 is 1.95 bits per heavy atom. The van der Waals surface area contributed by atoms with Crippen LogP contribution in [-0.4, -0.2) is 36.6 Å². The van der Waals surface area contributed by atoms with Gasteiger partial charge < -0.3 is 14.8 Å². The van der Waals surface area contributed by atoms with Crippen LogP contribution in [-0.2, 0) is 0 Å². The van der Waals surface area contributed by atoms with Gasteiger partial charge in [-0.3, -0.25) is 9.79 Å². The van der Waals surface area contributed by atoms with E-state index >= 15 is 0 Å². The van der Waals surface area contributed by atoms with Crippen molar-refractivity contribution < 1.29 is 14.3 Å². The number of nitrogens with one attached hydrogen (secondary N) is 1. The molecule has 0 bridgehead atoms. The summed E-state index contributed by atoms with van der Waals surface area (Å²) in [4.78, 5) is 16.5. The highest BCUT2D eigenvalue weighted by molar-refractivity contribution is 8.14. The van der Waals surface area contributed by atoms with E-state index in [9.17, 15) is 4.79 Å². The number of benzene rings is 1. The molecule has 0 radical (unpaired) electrons. The summed E-state index contributed by atoms with van der Waals surface area (Å²) in [6.45, 7) is 6.07. The second-order valence-corrected chi connectivity index (χ2v) is 5.93. The van der Waals surface area contributed by atoms with Crippen molar-refractivity contribution in [2.24, 2.45) is 4.99 Å². The predicted octanol–water partition coefficient (Wildman–Crippen LogP) is 3.10. The summed E-state index contributed by atoms with van der Waals surface area (Å²) in [6, 6.07) is 5.27. The van der Waals surface area contributed by atoms with Crippen molar-refractivity contribution in [1.29, 1.82) is 0 Å². The van der Waals surface area contributed by atoms with Crippen LogP contribution in [0.4, 0.5) is 0 Å². The fourth-order valence-corrected chi connectivity index (χ4v) is 2.61. The molecule has 120 valence electrons. The first kappa shape index (κ1) is 16.7. The number of carbonyl (C=O) groups excluding carboxylic acids is 1. The Balaban J connectivity index is 2.11. The molecule has 2 rings (SSSR count). The van der Waals surface area contributed by atoms with Crippen molar-refractivity contribution in [3.8, 4) is 11.5 Å². The number of rotatable bonds is 7. The number of carbonyl (C=O) groups is 1. The zero-order chi connectivity index (χ0) is 15.8. The first-order chi connectivity index (χ1) is 10.7. The van der Waals surface area contributed by atoms with Gasteiger partial charge in [0, 0.05) is 11.3 Å². The molecule has 22 heavy (non-hydrogen) atoms. The Hall–Kier alpha value is -1.69. The van der Waals surface area contributed by atoms with E-state index in [0.717, 1.165) is 25.1 Å². The highest BCUT2D eigenvalue weighted by atomic mass is 32.2. The van der Waals surface area contributed by atoms with E-state index in [2.05, 4.69) is 10.3 Å². The van der Waals surface area contributed by atoms with Crippen LogP contribution in [0.3, 0.4) is 0 Å². The topological polar surface area (TPSA) is 59.9 Å². The summed E-state index contributed by atoms with van der Waals surface area (Å²) in [5.41, 5.74) is 0.546. The minimum absolute atomic E-state index is 0.170. The molecule has 0 atom stereocenters. The highest BCUT2D eigenvalue weighted by Gasteiger charge is 2.15. The number of nitrogens with zero attached hydrogens (tertiary/aromatic N) is 1. The number of amides is 1. The van der Waals surface area contributed by atoms with Crippen LogP contribution in [0.2, 0.25) is 0 Å². The van der Waals surface area contributed by atoms with Crippen molar-refractivity contribution >= 4 is 22.8 Å². The zero-order valence-corrected chi connectivity index (χ0v) is 13.9. The Morgan fingerprint density at radius 1 is 1.23 bits per heavy atom. The van der Waals surface area contributed by atoms with Crippen molar-refractivity contribution in [3.63, 3.8) is 0 Å². The molecule has 5 nitrogen and oxygen atoms in total. The molecule has 1 heterocycles. The lowest BCUT2D eigenvalue weighted by Crippen LogP contribution is -2.27. The second-order valence-electron chi connectivity index (χ2n) is 4.85. The quantitative estimate of drug-likeness (QED) is 0.838. The van der Waals surface area contributed by atoms with Gasteiger partial charge in [-0.05, 0) is 31.0 Å². The van der Waals surface area contributed by atoms with Crippen molar-refractivity contribution in [2.75, 3.05) is 25.5 Å². The Labute approximate surface area is 135 Å². The van der Waals surface area contributed by atoms with Gasteiger partial charge in [0.25, 0.3) is 5.91 Å². The Morgan fingerprint density at radius 3 is 2.59 bits per heavy atom. The molecule has 1 aliphatic heterocycles. The third-order valence-electron chi connectivity index (χ3n) is 2.94.